The molecule has 9 nitrogen and oxygen atoms in total. The third-order valence-corrected chi connectivity index (χ3v) is 5.21. The number of aromatic nitrogens is 3. The van der Waals surface area contributed by atoms with Crippen LogP contribution in [0.5, 0.6) is 0 Å². The number of nitrogens with zero attached hydrogens (tertiary/aromatic N) is 4. The zero-order chi connectivity index (χ0) is 23.0. The number of nitrogens with one attached hydrogen (secondary N) is 2. The first kappa shape index (κ1) is 21.4. The SMILES string of the molecule is CC1(c2ccc(F)c(F)c2)NC(=O)N(CC(=O)Nc2cc(Cl)ccc2-n2cncn2)C1=O. The molecule has 12 heteroatoms. The van der Waals surface area contributed by atoms with E-state index < -0.39 is 41.6 Å². The van der Waals surface area contributed by atoms with Gasteiger partial charge in [0.1, 0.15) is 24.7 Å². The van der Waals surface area contributed by atoms with Crippen LogP contribution < -0.4 is 10.6 Å². The van der Waals surface area contributed by atoms with E-state index in [4.69, 9.17) is 11.6 Å². The minimum absolute atomic E-state index is 0.0426. The van der Waals surface area contributed by atoms with Crippen molar-refractivity contribution in [2.75, 3.05) is 11.9 Å². The minimum atomic E-state index is -1.66. The molecule has 1 aromatic heterocycles. The van der Waals surface area contributed by atoms with Crippen molar-refractivity contribution in [3.05, 3.63) is 71.3 Å². The molecular weight excluding hydrogens is 446 g/mol. The van der Waals surface area contributed by atoms with Gasteiger partial charge in [-0.05, 0) is 42.8 Å². The third-order valence-electron chi connectivity index (χ3n) is 4.97. The molecule has 0 aliphatic carbocycles. The number of amides is 4. The lowest BCUT2D eigenvalue weighted by Crippen LogP contribution is -2.42. The highest BCUT2D eigenvalue weighted by Crippen LogP contribution is 2.30. The summed E-state index contributed by atoms with van der Waals surface area (Å²) in [4.78, 5) is 42.6. The van der Waals surface area contributed by atoms with Crippen LogP contribution in [0, 0.1) is 11.6 Å². The van der Waals surface area contributed by atoms with E-state index in [0.29, 0.717) is 15.6 Å². The van der Waals surface area contributed by atoms with Gasteiger partial charge in [0.25, 0.3) is 5.91 Å². The summed E-state index contributed by atoms with van der Waals surface area (Å²) >= 11 is 6.02. The molecule has 1 fully saturated rings. The molecule has 1 atom stereocenters. The third kappa shape index (κ3) is 3.78. The summed E-state index contributed by atoms with van der Waals surface area (Å²) < 4.78 is 28.3. The van der Waals surface area contributed by atoms with E-state index >= 15 is 0 Å². The Bertz CT molecular complexity index is 1240. The first-order chi connectivity index (χ1) is 15.2. The van der Waals surface area contributed by atoms with E-state index in [9.17, 15) is 23.2 Å². The van der Waals surface area contributed by atoms with Gasteiger partial charge >= 0.3 is 6.03 Å². The Kier molecular flexibility index (Phi) is 5.35. The van der Waals surface area contributed by atoms with Gasteiger partial charge in [-0.2, -0.15) is 5.10 Å². The predicted molar refractivity (Wildman–Crippen MR) is 109 cm³/mol. The Hall–Kier alpha value is -3.86. The number of benzene rings is 2. The highest BCUT2D eigenvalue weighted by atomic mass is 35.5. The molecule has 0 bridgehead atoms. The Labute approximate surface area is 185 Å². The maximum absolute atomic E-state index is 13.7. The number of hydrogen-bond donors (Lipinski definition) is 2. The lowest BCUT2D eigenvalue weighted by Gasteiger charge is -2.22. The van der Waals surface area contributed by atoms with Crippen LogP contribution in [0.4, 0.5) is 19.3 Å². The van der Waals surface area contributed by atoms with Crippen molar-refractivity contribution < 1.29 is 23.2 Å². The highest BCUT2D eigenvalue weighted by molar-refractivity contribution is 6.31. The zero-order valence-corrected chi connectivity index (χ0v) is 17.2. The van der Waals surface area contributed by atoms with E-state index in [1.807, 2.05) is 0 Å². The first-order valence-electron chi connectivity index (χ1n) is 9.23. The Morgan fingerprint density at radius 2 is 1.97 bits per heavy atom. The van der Waals surface area contributed by atoms with Crippen molar-refractivity contribution in [1.29, 1.82) is 0 Å². The summed E-state index contributed by atoms with van der Waals surface area (Å²) in [6, 6.07) is 6.71. The monoisotopic (exact) mass is 460 g/mol. The minimum Gasteiger partial charge on any atom is -0.323 e. The van der Waals surface area contributed by atoms with E-state index in [-0.39, 0.29) is 11.3 Å². The average molecular weight is 461 g/mol. The normalized spacial score (nSPS) is 18.1. The summed E-state index contributed by atoms with van der Waals surface area (Å²) in [6.45, 7) is 0.727. The second-order valence-electron chi connectivity index (χ2n) is 7.13. The molecule has 0 radical (unpaired) electrons. The molecule has 2 aromatic carbocycles. The summed E-state index contributed by atoms with van der Waals surface area (Å²) in [5.74, 6) is -3.73. The maximum Gasteiger partial charge on any atom is 0.325 e. The van der Waals surface area contributed by atoms with E-state index in [0.717, 1.165) is 12.1 Å². The number of imide groups is 1. The smallest absolute Gasteiger partial charge is 0.323 e. The number of urea groups is 1. The Morgan fingerprint density at radius 1 is 1.19 bits per heavy atom. The van der Waals surface area contributed by atoms with Crippen LogP contribution in [0.1, 0.15) is 12.5 Å². The average Bonchev–Trinajstić information content (AvgIpc) is 3.34. The topological polar surface area (TPSA) is 109 Å². The second kappa shape index (κ2) is 8.00. The fraction of sp³-hybridized carbons (Fsp3) is 0.150. The summed E-state index contributed by atoms with van der Waals surface area (Å²) in [5.41, 5.74) is -0.873. The number of rotatable bonds is 5. The van der Waals surface area contributed by atoms with Crippen LogP contribution in [0.25, 0.3) is 5.69 Å². The van der Waals surface area contributed by atoms with Crippen molar-refractivity contribution in [2.24, 2.45) is 0 Å². The Balaban J connectivity index is 1.54. The summed E-state index contributed by atoms with van der Waals surface area (Å²) in [6.07, 6.45) is 2.73. The maximum atomic E-state index is 13.7. The number of hydrogen-bond acceptors (Lipinski definition) is 5. The van der Waals surface area contributed by atoms with Gasteiger partial charge in [-0.1, -0.05) is 17.7 Å². The van der Waals surface area contributed by atoms with Gasteiger partial charge in [-0.3, -0.25) is 14.5 Å². The second-order valence-corrected chi connectivity index (χ2v) is 7.56. The van der Waals surface area contributed by atoms with Crippen molar-refractivity contribution in [2.45, 2.75) is 12.5 Å². The van der Waals surface area contributed by atoms with E-state index in [1.54, 1.807) is 12.1 Å². The van der Waals surface area contributed by atoms with Crippen LogP contribution in [0.3, 0.4) is 0 Å². The van der Waals surface area contributed by atoms with Gasteiger partial charge in [-0.25, -0.2) is 23.2 Å². The van der Waals surface area contributed by atoms with Gasteiger partial charge in [0.15, 0.2) is 11.6 Å². The predicted octanol–water partition coefficient (Wildman–Crippen LogP) is 2.60. The molecule has 4 amide bonds. The van der Waals surface area contributed by atoms with E-state index in [1.165, 1.54) is 36.4 Å². The van der Waals surface area contributed by atoms with Gasteiger partial charge < -0.3 is 10.6 Å². The van der Waals surface area contributed by atoms with Crippen molar-refractivity contribution in [3.63, 3.8) is 0 Å². The lowest BCUT2D eigenvalue weighted by atomic mass is 9.92. The quantitative estimate of drug-likeness (QED) is 0.569. The largest absolute Gasteiger partial charge is 0.325 e. The molecule has 1 saturated heterocycles. The molecule has 1 aliphatic heterocycles. The molecule has 2 N–H and O–H groups in total. The molecule has 32 heavy (non-hydrogen) atoms. The van der Waals surface area contributed by atoms with Crippen LogP contribution in [-0.4, -0.2) is 44.1 Å². The van der Waals surface area contributed by atoms with E-state index in [2.05, 4.69) is 20.7 Å². The van der Waals surface area contributed by atoms with Gasteiger partial charge in [0, 0.05) is 5.02 Å². The van der Waals surface area contributed by atoms with Crippen LogP contribution >= 0.6 is 11.6 Å². The standard InChI is InChI=1S/C20H15ClF2N6O3/c1-20(11-2-4-13(22)14(23)6-11)18(31)28(19(32)27-20)8-17(30)26-15-7-12(21)3-5-16(15)29-10-24-9-25-29/h2-7,9-10H,8H2,1H3,(H,26,30)(H,27,32). The van der Waals surface area contributed by atoms with Gasteiger partial charge in [0.05, 0.1) is 11.4 Å². The van der Waals surface area contributed by atoms with Crippen molar-refractivity contribution in [1.82, 2.24) is 25.0 Å². The zero-order valence-electron chi connectivity index (χ0n) is 16.5. The van der Waals surface area contributed by atoms with Crippen molar-refractivity contribution in [3.8, 4) is 5.69 Å². The van der Waals surface area contributed by atoms with Crippen LogP contribution in [0.2, 0.25) is 5.02 Å². The summed E-state index contributed by atoms with van der Waals surface area (Å²) in [5, 5.41) is 9.37. The molecule has 1 aliphatic rings. The van der Waals surface area contributed by atoms with Gasteiger partial charge in [0.2, 0.25) is 5.91 Å². The van der Waals surface area contributed by atoms with Crippen LogP contribution in [-0.2, 0) is 15.1 Å². The fourth-order valence-corrected chi connectivity index (χ4v) is 3.49. The highest BCUT2D eigenvalue weighted by Gasteiger charge is 2.49. The molecule has 4 rings (SSSR count). The van der Waals surface area contributed by atoms with Gasteiger partial charge in [-0.15, -0.1) is 0 Å². The number of anilines is 1. The summed E-state index contributed by atoms with van der Waals surface area (Å²) in [7, 11) is 0. The molecule has 2 heterocycles. The molecule has 1 unspecified atom stereocenters. The van der Waals surface area contributed by atoms with Crippen LogP contribution in [0.15, 0.2) is 49.1 Å². The molecule has 0 saturated carbocycles. The molecule has 0 spiro atoms. The number of halogens is 3. The fourth-order valence-electron chi connectivity index (χ4n) is 3.32. The first-order valence-corrected chi connectivity index (χ1v) is 9.61. The lowest BCUT2D eigenvalue weighted by molar-refractivity contribution is -0.133. The molecular formula is C20H15ClF2N6O3. The van der Waals surface area contributed by atoms with Crippen molar-refractivity contribution >= 4 is 35.1 Å². The molecule has 164 valence electrons. The molecule has 3 aromatic rings. The number of carbonyl (C=O) groups is 3. The number of carbonyl (C=O) groups excluding carboxylic acids is 3. The Morgan fingerprint density at radius 3 is 2.66 bits per heavy atom.